The number of nitrogens with zero attached hydrogens (tertiary/aromatic N) is 3. The molecule has 7 heteroatoms. The maximum Gasteiger partial charge on any atom is 0.244 e. The van der Waals surface area contributed by atoms with E-state index >= 15 is 0 Å². The summed E-state index contributed by atoms with van der Waals surface area (Å²) < 4.78 is 28.1. The smallest absolute Gasteiger partial charge is 0.244 e. The lowest BCUT2D eigenvalue weighted by molar-refractivity contribution is -0.122. The van der Waals surface area contributed by atoms with Crippen LogP contribution in [0.4, 0.5) is 14.5 Å². The van der Waals surface area contributed by atoms with E-state index in [1.165, 1.54) is 12.1 Å². The Balaban J connectivity index is 1.72. The molecule has 0 saturated carbocycles. The molecule has 1 fully saturated rings. The summed E-state index contributed by atoms with van der Waals surface area (Å²) >= 11 is 0. The highest BCUT2D eigenvalue weighted by atomic mass is 19.2. The first kappa shape index (κ1) is 16.6. The molecule has 0 radical (unpaired) electrons. The van der Waals surface area contributed by atoms with Crippen molar-refractivity contribution in [2.75, 3.05) is 11.4 Å². The Kier molecular flexibility index (Phi) is 4.62. The van der Waals surface area contributed by atoms with E-state index in [1.54, 1.807) is 29.0 Å². The third kappa shape index (κ3) is 3.31. The number of halogens is 2. The van der Waals surface area contributed by atoms with E-state index in [1.807, 2.05) is 6.92 Å². The van der Waals surface area contributed by atoms with Crippen LogP contribution in [0.1, 0.15) is 31.4 Å². The Morgan fingerprint density at radius 3 is 2.79 bits per heavy atom. The highest BCUT2D eigenvalue weighted by molar-refractivity contribution is 5.97. The zero-order chi connectivity index (χ0) is 17.3. The fourth-order valence-corrected chi connectivity index (χ4v) is 3.01. The first-order valence-electron chi connectivity index (χ1n) is 7.96. The maximum absolute atomic E-state index is 13.4. The van der Waals surface area contributed by atoms with Gasteiger partial charge in [-0.15, -0.1) is 0 Å². The monoisotopic (exact) mass is 334 g/mol. The van der Waals surface area contributed by atoms with Crippen LogP contribution in [0.5, 0.6) is 0 Å². The van der Waals surface area contributed by atoms with E-state index in [0.717, 1.165) is 18.2 Å². The van der Waals surface area contributed by atoms with Crippen LogP contribution in [0.2, 0.25) is 0 Å². The number of hydrogen-bond donors (Lipinski definition) is 1. The minimum atomic E-state index is -0.881. The van der Waals surface area contributed by atoms with Gasteiger partial charge in [0.25, 0.3) is 0 Å². The molecule has 1 saturated heterocycles. The number of piperidine rings is 1. The second-order valence-electron chi connectivity index (χ2n) is 6.12. The molecule has 0 spiro atoms. The summed E-state index contributed by atoms with van der Waals surface area (Å²) in [7, 11) is 1.80. The van der Waals surface area contributed by atoms with Gasteiger partial charge in [-0.05, 0) is 37.5 Å². The second kappa shape index (κ2) is 6.68. The zero-order valence-corrected chi connectivity index (χ0v) is 13.7. The summed E-state index contributed by atoms with van der Waals surface area (Å²) in [5, 5.41) is 7.33. The van der Waals surface area contributed by atoms with Crippen LogP contribution in [-0.4, -0.2) is 28.3 Å². The van der Waals surface area contributed by atoms with Gasteiger partial charge in [-0.2, -0.15) is 5.10 Å². The Hall–Kier alpha value is -2.28. The van der Waals surface area contributed by atoms with Crippen molar-refractivity contribution in [1.29, 1.82) is 0 Å². The highest BCUT2D eigenvalue weighted by Gasteiger charge is 2.31. The third-order valence-corrected chi connectivity index (χ3v) is 4.34. The summed E-state index contributed by atoms with van der Waals surface area (Å²) in [6.07, 6.45) is 5.05. The zero-order valence-electron chi connectivity index (χ0n) is 13.7. The molecule has 0 bridgehead atoms. The number of aromatic nitrogens is 2. The summed E-state index contributed by atoms with van der Waals surface area (Å²) in [5.41, 5.74) is 1.38. The van der Waals surface area contributed by atoms with Gasteiger partial charge in [0.1, 0.15) is 0 Å². The van der Waals surface area contributed by atoms with E-state index in [0.29, 0.717) is 18.5 Å². The molecule has 1 amide bonds. The molecule has 5 nitrogen and oxygen atoms in total. The van der Waals surface area contributed by atoms with Crippen molar-refractivity contribution in [2.24, 2.45) is 7.05 Å². The summed E-state index contributed by atoms with van der Waals surface area (Å²) in [4.78, 5) is 14.4. The number of carbonyl (C=O) groups is 1. The standard InChI is InChI=1S/C17H20F2N4O/c1-11(12-5-6-14(18)15(19)8-12)21-16-4-3-7-23(17(16)24)13-9-20-22(2)10-13/h5-6,8-11,16,21H,3-4,7H2,1-2H3/t11-,16+/m1/s1. The average molecular weight is 334 g/mol. The second-order valence-corrected chi connectivity index (χ2v) is 6.12. The van der Waals surface area contributed by atoms with Crippen molar-refractivity contribution < 1.29 is 13.6 Å². The Bertz CT molecular complexity index is 746. The molecular weight excluding hydrogens is 314 g/mol. The van der Waals surface area contributed by atoms with Gasteiger partial charge in [0.15, 0.2) is 11.6 Å². The number of amides is 1. The largest absolute Gasteiger partial charge is 0.308 e. The van der Waals surface area contributed by atoms with Crippen molar-refractivity contribution in [3.63, 3.8) is 0 Å². The molecule has 2 heterocycles. The van der Waals surface area contributed by atoms with E-state index < -0.39 is 11.6 Å². The molecule has 0 unspecified atom stereocenters. The number of aryl methyl sites for hydroxylation is 1. The fraction of sp³-hybridized carbons (Fsp3) is 0.412. The van der Waals surface area contributed by atoms with E-state index in [9.17, 15) is 13.6 Å². The number of nitrogens with one attached hydrogen (secondary N) is 1. The van der Waals surface area contributed by atoms with Gasteiger partial charge in [-0.1, -0.05) is 6.07 Å². The van der Waals surface area contributed by atoms with Gasteiger partial charge in [0.2, 0.25) is 5.91 Å². The predicted molar refractivity (Wildman–Crippen MR) is 86.5 cm³/mol. The van der Waals surface area contributed by atoms with Crippen molar-refractivity contribution in [1.82, 2.24) is 15.1 Å². The third-order valence-electron chi connectivity index (χ3n) is 4.34. The summed E-state index contributed by atoms with van der Waals surface area (Å²) in [6.45, 7) is 2.49. The number of anilines is 1. The molecule has 24 heavy (non-hydrogen) atoms. The summed E-state index contributed by atoms with van der Waals surface area (Å²) in [6, 6.07) is 3.18. The molecule has 3 rings (SSSR count). The van der Waals surface area contributed by atoms with Crippen molar-refractivity contribution in [3.05, 3.63) is 47.8 Å². The lowest BCUT2D eigenvalue weighted by Gasteiger charge is -2.33. The quantitative estimate of drug-likeness (QED) is 0.935. The first-order valence-corrected chi connectivity index (χ1v) is 7.96. The Morgan fingerprint density at radius 1 is 1.33 bits per heavy atom. The van der Waals surface area contributed by atoms with Crippen LogP contribution < -0.4 is 10.2 Å². The van der Waals surface area contributed by atoms with Crippen LogP contribution in [0.3, 0.4) is 0 Å². The van der Waals surface area contributed by atoms with Crippen molar-refractivity contribution in [3.8, 4) is 0 Å². The Labute approximate surface area is 139 Å². The minimum Gasteiger partial charge on any atom is -0.308 e. The van der Waals surface area contributed by atoms with Gasteiger partial charge in [-0.3, -0.25) is 14.8 Å². The molecule has 1 aromatic heterocycles. The Morgan fingerprint density at radius 2 is 2.12 bits per heavy atom. The summed E-state index contributed by atoms with van der Waals surface area (Å²) in [5.74, 6) is -1.78. The molecule has 1 aliphatic heterocycles. The van der Waals surface area contributed by atoms with Crippen LogP contribution in [0.15, 0.2) is 30.6 Å². The average Bonchev–Trinajstić information content (AvgIpc) is 2.98. The molecule has 1 aliphatic rings. The van der Waals surface area contributed by atoms with Gasteiger partial charge in [-0.25, -0.2) is 8.78 Å². The predicted octanol–water partition coefficient (Wildman–Crippen LogP) is 2.54. The van der Waals surface area contributed by atoms with E-state index in [4.69, 9.17) is 0 Å². The van der Waals surface area contributed by atoms with Gasteiger partial charge < -0.3 is 4.90 Å². The highest BCUT2D eigenvalue weighted by Crippen LogP contribution is 2.23. The SMILES string of the molecule is C[C@@H](N[C@H]1CCCN(c2cnn(C)c2)C1=O)c1ccc(F)c(F)c1. The number of rotatable bonds is 4. The van der Waals surface area contributed by atoms with Crippen molar-refractivity contribution >= 4 is 11.6 Å². The van der Waals surface area contributed by atoms with Crippen LogP contribution in [0.25, 0.3) is 0 Å². The topological polar surface area (TPSA) is 50.2 Å². The molecular formula is C17H20F2N4O. The fourth-order valence-electron chi connectivity index (χ4n) is 3.01. The molecule has 128 valence electrons. The van der Waals surface area contributed by atoms with Gasteiger partial charge in [0, 0.05) is 25.8 Å². The minimum absolute atomic E-state index is 0.0244. The van der Waals surface area contributed by atoms with Crippen LogP contribution in [-0.2, 0) is 11.8 Å². The number of hydrogen-bond acceptors (Lipinski definition) is 3. The number of benzene rings is 1. The lowest BCUT2D eigenvalue weighted by Crippen LogP contribution is -2.51. The number of carbonyl (C=O) groups excluding carboxylic acids is 1. The van der Waals surface area contributed by atoms with Crippen LogP contribution >= 0.6 is 0 Å². The molecule has 1 aromatic carbocycles. The first-order chi connectivity index (χ1) is 11.5. The van der Waals surface area contributed by atoms with E-state index in [2.05, 4.69) is 10.4 Å². The van der Waals surface area contributed by atoms with E-state index in [-0.39, 0.29) is 18.0 Å². The van der Waals surface area contributed by atoms with Crippen LogP contribution in [0, 0.1) is 11.6 Å². The molecule has 2 atom stereocenters. The maximum atomic E-state index is 13.4. The molecule has 0 aliphatic carbocycles. The van der Waals surface area contributed by atoms with Gasteiger partial charge in [0.05, 0.1) is 17.9 Å². The normalized spacial score (nSPS) is 19.6. The molecule has 1 N–H and O–H groups in total. The molecule has 2 aromatic rings. The lowest BCUT2D eigenvalue weighted by atomic mass is 10.0. The van der Waals surface area contributed by atoms with Gasteiger partial charge >= 0.3 is 0 Å². The van der Waals surface area contributed by atoms with Crippen molar-refractivity contribution in [2.45, 2.75) is 31.8 Å².